The molecule has 3 heterocycles. The van der Waals surface area contributed by atoms with Gasteiger partial charge in [0.25, 0.3) is 11.8 Å². The number of hydrogen-bond donors (Lipinski definition) is 1. The van der Waals surface area contributed by atoms with Gasteiger partial charge in [-0.15, -0.1) is 0 Å². The van der Waals surface area contributed by atoms with Gasteiger partial charge in [-0.2, -0.15) is 0 Å². The minimum Gasteiger partial charge on any atom is -0.293 e. The Bertz CT molecular complexity index is 1610. The average Bonchev–Trinajstić information content (AvgIpc) is 3.36. The minimum absolute atomic E-state index is 0.0673. The van der Waals surface area contributed by atoms with Crippen LogP contribution in [0.2, 0.25) is 0 Å². The van der Waals surface area contributed by atoms with Crippen molar-refractivity contribution in [2.24, 2.45) is 5.92 Å². The molecule has 3 aromatic carbocycles. The van der Waals surface area contributed by atoms with E-state index < -0.39 is 33.2 Å². The molecule has 5 atom stereocenters. The van der Waals surface area contributed by atoms with Gasteiger partial charge in [0.05, 0.1) is 33.4 Å². The van der Waals surface area contributed by atoms with E-state index >= 15 is 0 Å². The van der Waals surface area contributed by atoms with Crippen LogP contribution in [0.5, 0.6) is 0 Å². The van der Waals surface area contributed by atoms with E-state index in [1.165, 1.54) is 4.90 Å². The molecular formula is C35H38F3N3O3S. The van der Waals surface area contributed by atoms with Gasteiger partial charge in [0.2, 0.25) is 0 Å². The molecule has 45 heavy (non-hydrogen) atoms. The van der Waals surface area contributed by atoms with E-state index in [0.29, 0.717) is 23.7 Å². The number of halogens is 3. The van der Waals surface area contributed by atoms with E-state index in [4.69, 9.17) is 0 Å². The average molecular weight is 638 g/mol. The van der Waals surface area contributed by atoms with E-state index in [2.05, 4.69) is 21.8 Å². The third-order valence-electron chi connectivity index (χ3n) is 9.41. The number of piperidine rings is 1. The van der Waals surface area contributed by atoms with Crippen LogP contribution >= 0.6 is 0 Å². The number of fused-ring (bicyclic) bond motifs is 3. The Morgan fingerprint density at radius 3 is 2.00 bits per heavy atom. The normalized spacial score (nSPS) is 23.0. The molecule has 238 valence electrons. The van der Waals surface area contributed by atoms with Gasteiger partial charge in [0.15, 0.2) is 11.6 Å². The van der Waals surface area contributed by atoms with Gasteiger partial charge in [-0.3, -0.25) is 19.4 Å². The van der Waals surface area contributed by atoms with Gasteiger partial charge in [0.1, 0.15) is 5.82 Å². The third-order valence-corrected chi connectivity index (χ3v) is 11.0. The molecule has 1 N–H and O–H groups in total. The summed E-state index contributed by atoms with van der Waals surface area (Å²) in [6, 6.07) is 16.5. The number of amides is 2. The molecule has 3 aliphatic heterocycles. The zero-order valence-electron chi connectivity index (χ0n) is 25.7. The van der Waals surface area contributed by atoms with Gasteiger partial charge in [0, 0.05) is 30.7 Å². The predicted octanol–water partition coefficient (Wildman–Crippen LogP) is 6.31. The molecule has 2 amide bonds. The van der Waals surface area contributed by atoms with Gasteiger partial charge in [-0.25, -0.2) is 22.1 Å². The van der Waals surface area contributed by atoms with E-state index in [9.17, 15) is 27.0 Å². The quantitative estimate of drug-likeness (QED) is 0.221. The molecule has 0 saturated carbocycles. The molecule has 2 fully saturated rings. The standard InChI is InChI=1S/C35H38F3N3O3S/c1-35(2,3)45(44)39-32(17-23-16-30(37)31(38)18-29(23)36)24-14-25-11-12-26(15-24)40(25)19-21-7-6-8-22(13-21)20-41-33(42)27-9-4-5-10-28(27)34(41)43/h4-10,13,16,18,24-26,32,39H,11-12,14-15,17,19-20H2,1-3H3/t24?,25-,26+,32-,45+/m1/s1. The highest BCUT2D eigenvalue weighted by molar-refractivity contribution is 7.84. The van der Waals surface area contributed by atoms with Crippen LogP contribution in [0, 0.1) is 23.4 Å². The number of hydrogen-bond acceptors (Lipinski definition) is 4. The Hall–Kier alpha value is -3.34. The topological polar surface area (TPSA) is 69.7 Å². The van der Waals surface area contributed by atoms with Crippen LogP contribution in [0.3, 0.4) is 0 Å². The Kier molecular flexibility index (Phi) is 8.76. The second-order valence-corrected chi connectivity index (χ2v) is 15.5. The van der Waals surface area contributed by atoms with E-state index in [1.807, 2.05) is 32.9 Å². The number of imide groups is 1. The first kappa shape index (κ1) is 31.6. The van der Waals surface area contributed by atoms with Crippen molar-refractivity contribution in [2.75, 3.05) is 0 Å². The molecule has 3 aromatic rings. The fourth-order valence-corrected chi connectivity index (χ4v) is 7.99. The van der Waals surface area contributed by atoms with Crippen molar-refractivity contribution in [3.63, 3.8) is 0 Å². The summed E-state index contributed by atoms with van der Waals surface area (Å²) in [4.78, 5) is 29.6. The fraction of sp³-hybridized carbons (Fsp3) is 0.429. The third kappa shape index (κ3) is 6.50. The number of benzene rings is 3. The molecular weight excluding hydrogens is 599 g/mol. The van der Waals surface area contributed by atoms with Gasteiger partial charge < -0.3 is 0 Å². The summed E-state index contributed by atoms with van der Waals surface area (Å²) < 4.78 is 58.3. The van der Waals surface area contributed by atoms with Crippen molar-refractivity contribution in [2.45, 2.75) is 88.8 Å². The lowest BCUT2D eigenvalue weighted by Crippen LogP contribution is -2.51. The fourth-order valence-electron chi connectivity index (χ4n) is 7.08. The van der Waals surface area contributed by atoms with Crippen molar-refractivity contribution in [3.8, 4) is 0 Å². The Balaban J connectivity index is 1.16. The first-order valence-electron chi connectivity index (χ1n) is 15.5. The highest BCUT2D eigenvalue weighted by atomic mass is 32.2. The number of rotatable bonds is 9. The summed E-state index contributed by atoms with van der Waals surface area (Å²) in [7, 11) is -1.43. The van der Waals surface area contributed by atoms with Crippen molar-refractivity contribution in [1.29, 1.82) is 0 Å². The lowest BCUT2D eigenvalue weighted by atomic mass is 9.82. The van der Waals surface area contributed by atoms with Gasteiger partial charge in [-0.05, 0) is 93.7 Å². The summed E-state index contributed by atoms with van der Waals surface area (Å²) in [5.74, 6) is -3.61. The lowest BCUT2D eigenvalue weighted by Gasteiger charge is -2.42. The van der Waals surface area contributed by atoms with Gasteiger partial charge >= 0.3 is 0 Å². The van der Waals surface area contributed by atoms with Crippen LogP contribution in [0.25, 0.3) is 0 Å². The Morgan fingerprint density at radius 1 is 0.822 bits per heavy atom. The van der Waals surface area contributed by atoms with Crippen molar-refractivity contribution in [1.82, 2.24) is 14.5 Å². The largest absolute Gasteiger partial charge is 0.293 e. The van der Waals surface area contributed by atoms with Crippen LogP contribution in [0.15, 0.2) is 60.7 Å². The molecule has 1 unspecified atom stereocenters. The van der Waals surface area contributed by atoms with Crippen LogP contribution < -0.4 is 4.72 Å². The summed E-state index contributed by atoms with van der Waals surface area (Å²) >= 11 is 0. The monoisotopic (exact) mass is 637 g/mol. The van der Waals surface area contributed by atoms with Crippen molar-refractivity contribution in [3.05, 3.63) is 106 Å². The van der Waals surface area contributed by atoms with Gasteiger partial charge in [-0.1, -0.05) is 36.4 Å². The smallest absolute Gasteiger partial charge is 0.261 e. The zero-order chi connectivity index (χ0) is 32.0. The summed E-state index contributed by atoms with van der Waals surface area (Å²) in [5, 5.41) is 0. The first-order chi connectivity index (χ1) is 21.4. The molecule has 0 spiro atoms. The second kappa shape index (κ2) is 12.5. The van der Waals surface area contributed by atoms with Crippen molar-refractivity contribution < 1.29 is 27.0 Å². The maximum Gasteiger partial charge on any atom is 0.261 e. The molecule has 2 bridgehead atoms. The van der Waals surface area contributed by atoms with E-state index in [1.54, 1.807) is 24.3 Å². The number of carbonyl (C=O) groups excluding carboxylic acids is 2. The van der Waals surface area contributed by atoms with Crippen LogP contribution in [-0.2, 0) is 30.5 Å². The maximum absolute atomic E-state index is 14.7. The summed E-state index contributed by atoms with van der Waals surface area (Å²) in [5.41, 5.74) is 2.91. The first-order valence-corrected chi connectivity index (χ1v) is 16.6. The van der Waals surface area contributed by atoms with Crippen molar-refractivity contribution >= 4 is 22.8 Å². The lowest BCUT2D eigenvalue weighted by molar-refractivity contribution is 0.0642. The molecule has 2 saturated heterocycles. The number of nitrogens with one attached hydrogen (secondary N) is 1. The SMILES string of the molecule is CC(C)(C)[S@](=O)N[C@H](Cc1cc(F)c(F)cc1F)C1C[C@H]2CC[C@@H](C1)N2Cc1cccc(CN2C(=O)c3ccccc3C2=O)c1. The molecule has 6 rings (SSSR count). The zero-order valence-corrected chi connectivity index (χ0v) is 26.5. The maximum atomic E-state index is 14.7. The predicted molar refractivity (Wildman–Crippen MR) is 167 cm³/mol. The molecule has 0 aliphatic carbocycles. The number of carbonyl (C=O) groups is 2. The summed E-state index contributed by atoms with van der Waals surface area (Å²) in [6.07, 6.45) is 3.72. The van der Waals surface area contributed by atoms with Crippen LogP contribution in [-0.4, -0.2) is 48.7 Å². The molecule has 6 nitrogen and oxygen atoms in total. The van der Waals surface area contributed by atoms with E-state index in [0.717, 1.165) is 42.9 Å². The second-order valence-electron chi connectivity index (χ2n) is 13.5. The Labute approximate surface area is 264 Å². The van der Waals surface area contributed by atoms with Crippen LogP contribution in [0.1, 0.15) is 83.9 Å². The highest BCUT2D eigenvalue weighted by Crippen LogP contribution is 2.42. The van der Waals surface area contributed by atoms with E-state index in [-0.39, 0.29) is 54.4 Å². The molecule has 10 heteroatoms. The molecule has 0 radical (unpaired) electrons. The minimum atomic E-state index is -1.43. The summed E-state index contributed by atoms with van der Waals surface area (Å²) in [6.45, 7) is 6.50. The highest BCUT2D eigenvalue weighted by Gasteiger charge is 2.44. The van der Waals surface area contributed by atoms with Crippen LogP contribution in [0.4, 0.5) is 13.2 Å². The Morgan fingerprint density at radius 2 is 1.40 bits per heavy atom. The molecule has 0 aromatic heterocycles. The number of nitrogens with zero attached hydrogens (tertiary/aromatic N) is 2. The molecule has 3 aliphatic rings.